The van der Waals surface area contributed by atoms with Crippen LogP contribution in [0.15, 0.2) is 82.6 Å². The zero-order valence-electron chi connectivity index (χ0n) is 15.4. The molecule has 3 aromatic rings. The van der Waals surface area contributed by atoms with Crippen LogP contribution < -0.4 is 3.71 Å². The third kappa shape index (κ3) is 4.22. The lowest BCUT2D eigenvalue weighted by Gasteiger charge is -2.24. The van der Waals surface area contributed by atoms with Gasteiger partial charge in [0.1, 0.15) is 5.02 Å². The Balaban J connectivity index is 2.26. The Bertz CT molecular complexity index is 1400. The molecule has 9 nitrogen and oxygen atoms in total. The van der Waals surface area contributed by atoms with Crippen LogP contribution in [0.3, 0.4) is 0 Å². The minimum Gasteiger partial charge on any atom is -0.258 e. The summed E-state index contributed by atoms with van der Waals surface area (Å²) in [7, 11) is -9.53. The van der Waals surface area contributed by atoms with Crippen LogP contribution in [0.25, 0.3) is 0 Å². The molecule has 0 saturated carbocycles. The highest BCUT2D eigenvalue weighted by molar-refractivity contribution is 8.10. The predicted octanol–water partition coefficient (Wildman–Crippen LogP) is 3.70. The van der Waals surface area contributed by atoms with Gasteiger partial charge in [0, 0.05) is 6.07 Å². The Morgan fingerprint density at radius 3 is 1.97 bits per heavy atom. The molecular weight excluding hydrogens is 466 g/mol. The molecule has 3 aromatic carbocycles. The summed E-state index contributed by atoms with van der Waals surface area (Å²) in [5.74, 6) is 0. The quantitative estimate of drug-likeness (QED) is 0.389. The number of hydrogen-bond acceptors (Lipinski definition) is 7. The minimum absolute atomic E-state index is 0.182. The normalized spacial score (nSPS) is 11.5. The van der Waals surface area contributed by atoms with Crippen LogP contribution in [0.5, 0.6) is 0 Å². The summed E-state index contributed by atoms with van der Waals surface area (Å²) in [5, 5.41) is 19.8. The topological polar surface area (TPSA) is 138 Å². The van der Waals surface area contributed by atoms with Gasteiger partial charge in [-0.25, -0.2) is 16.8 Å². The van der Waals surface area contributed by atoms with Gasteiger partial charge in [-0.2, -0.15) is 8.97 Å². The second-order valence-electron chi connectivity index (χ2n) is 6.05. The van der Waals surface area contributed by atoms with E-state index < -0.39 is 35.6 Å². The van der Waals surface area contributed by atoms with Crippen LogP contribution in [0.4, 0.5) is 11.4 Å². The third-order valence-electron chi connectivity index (χ3n) is 4.10. The second-order valence-corrected chi connectivity index (χ2v) is 10.3. The van der Waals surface area contributed by atoms with E-state index in [-0.39, 0.29) is 24.9 Å². The fourth-order valence-corrected chi connectivity index (χ4v) is 6.54. The highest BCUT2D eigenvalue weighted by atomic mass is 35.5. The van der Waals surface area contributed by atoms with Gasteiger partial charge in [0.2, 0.25) is 0 Å². The van der Waals surface area contributed by atoms with Gasteiger partial charge in [-0.1, -0.05) is 29.8 Å². The van der Waals surface area contributed by atoms with Crippen molar-refractivity contribution in [2.24, 2.45) is 0 Å². The lowest BCUT2D eigenvalue weighted by Crippen LogP contribution is -2.37. The maximum atomic E-state index is 13.4. The number of hydrogen-bond donors (Lipinski definition) is 0. The fourth-order valence-electron chi connectivity index (χ4n) is 2.64. The van der Waals surface area contributed by atoms with Gasteiger partial charge in [0.25, 0.3) is 25.7 Å². The number of nitriles is 1. The van der Waals surface area contributed by atoms with Gasteiger partial charge in [-0.3, -0.25) is 10.1 Å². The first-order valence-electron chi connectivity index (χ1n) is 8.39. The van der Waals surface area contributed by atoms with Crippen LogP contribution in [-0.4, -0.2) is 21.8 Å². The molecule has 0 N–H and O–H groups in total. The van der Waals surface area contributed by atoms with Crippen LogP contribution in [-0.2, 0) is 20.0 Å². The van der Waals surface area contributed by atoms with Crippen LogP contribution in [0, 0.1) is 21.4 Å². The molecule has 0 amide bonds. The molecule has 0 aliphatic heterocycles. The molecule has 0 heterocycles. The number of sulfonamides is 2. The van der Waals surface area contributed by atoms with E-state index in [9.17, 15) is 26.9 Å². The first kappa shape index (κ1) is 22.2. The number of benzene rings is 3. The smallest absolute Gasteiger partial charge is 0.258 e. The van der Waals surface area contributed by atoms with Crippen molar-refractivity contribution in [1.82, 2.24) is 0 Å². The molecule has 0 radical (unpaired) electrons. The molecule has 31 heavy (non-hydrogen) atoms. The number of halogens is 1. The monoisotopic (exact) mass is 477 g/mol. The number of para-hydroxylation sites is 1. The lowest BCUT2D eigenvalue weighted by molar-refractivity contribution is -0.384. The van der Waals surface area contributed by atoms with E-state index in [0.29, 0.717) is 6.07 Å². The summed E-state index contributed by atoms with van der Waals surface area (Å²) < 4.78 is 53.7. The molecule has 0 bridgehead atoms. The molecule has 0 aliphatic carbocycles. The summed E-state index contributed by atoms with van der Waals surface area (Å²) in [6, 6.07) is 16.2. The molecule has 158 valence electrons. The largest absolute Gasteiger partial charge is 0.289 e. The van der Waals surface area contributed by atoms with Crippen molar-refractivity contribution in [3.63, 3.8) is 0 Å². The van der Waals surface area contributed by atoms with Crippen molar-refractivity contribution in [2.45, 2.75) is 9.79 Å². The van der Waals surface area contributed by atoms with Gasteiger partial charge >= 0.3 is 0 Å². The van der Waals surface area contributed by atoms with Crippen LogP contribution in [0.2, 0.25) is 5.02 Å². The Morgan fingerprint density at radius 2 is 1.42 bits per heavy atom. The molecule has 0 unspecified atom stereocenters. The van der Waals surface area contributed by atoms with Crippen molar-refractivity contribution in [2.75, 3.05) is 3.71 Å². The van der Waals surface area contributed by atoms with Crippen LogP contribution >= 0.6 is 11.6 Å². The van der Waals surface area contributed by atoms with Crippen molar-refractivity contribution < 1.29 is 21.8 Å². The van der Waals surface area contributed by atoms with Gasteiger partial charge in [-0.15, -0.1) is 0 Å². The zero-order chi connectivity index (χ0) is 22.8. The average Bonchev–Trinajstić information content (AvgIpc) is 2.74. The molecule has 0 atom stereocenters. The lowest BCUT2D eigenvalue weighted by atomic mass is 10.2. The zero-order valence-corrected chi connectivity index (χ0v) is 17.8. The standard InChI is InChI=1S/C19H12ClN3O6S2/c20-18-11-10-17(12-19(18)22(24)25)31(28,29)23(15-4-2-1-3-5-15)30(26,27)16-8-6-14(13-21)7-9-16/h1-12H. The van der Waals surface area contributed by atoms with Gasteiger partial charge < -0.3 is 0 Å². The molecule has 0 spiro atoms. The SMILES string of the molecule is N#Cc1ccc(S(=O)(=O)N(c2ccccc2)S(=O)(=O)c2ccc(Cl)c([N+](=O)[O-])c2)cc1. The Morgan fingerprint density at radius 1 is 0.871 bits per heavy atom. The fraction of sp³-hybridized carbons (Fsp3) is 0. The summed E-state index contributed by atoms with van der Waals surface area (Å²) in [5.41, 5.74) is -0.711. The summed E-state index contributed by atoms with van der Waals surface area (Å²) >= 11 is 5.76. The number of nitro benzene ring substituents is 1. The average molecular weight is 478 g/mol. The van der Waals surface area contributed by atoms with E-state index in [1.165, 1.54) is 36.4 Å². The van der Waals surface area contributed by atoms with Crippen molar-refractivity contribution in [3.8, 4) is 6.07 Å². The maximum Gasteiger partial charge on any atom is 0.289 e. The van der Waals surface area contributed by atoms with E-state index in [1.807, 2.05) is 6.07 Å². The van der Waals surface area contributed by atoms with Crippen LogP contribution in [0.1, 0.15) is 5.56 Å². The molecule has 3 rings (SSSR count). The first-order chi connectivity index (χ1) is 14.6. The van der Waals surface area contributed by atoms with Crippen molar-refractivity contribution >= 4 is 43.0 Å². The summed E-state index contributed by atoms with van der Waals surface area (Å²) in [4.78, 5) is 9.29. The highest BCUT2D eigenvalue weighted by Gasteiger charge is 2.37. The van der Waals surface area contributed by atoms with Gasteiger partial charge in [-0.05, 0) is 48.5 Å². The Hall–Kier alpha value is -3.46. The summed E-state index contributed by atoms with van der Waals surface area (Å²) in [6.07, 6.45) is 0. The third-order valence-corrected chi connectivity index (χ3v) is 8.61. The number of nitrogens with zero attached hydrogens (tertiary/aromatic N) is 3. The van der Waals surface area contributed by atoms with E-state index in [2.05, 4.69) is 0 Å². The molecule has 0 aliphatic rings. The second kappa shape index (κ2) is 8.35. The molecule has 0 fully saturated rings. The number of nitro groups is 1. The maximum absolute atomic E-state index is 13.4. The van der Waals surface area contributed by atoms with E-state index >= 15 is 0 Å². The molecular formula is C19H12ClN3O6S2. The van der Waals surface area contributed by atoms with Gasteiger partial charge in [0.05, 0.1) is 32.0 Å². The van der Waals surface area contributed by atoms with E-state index in [0.717, 1.165) is 24.3 Å². The van der Waals surface area contributed by atoms with Crippen molar-refractivity contribution in [1.29, 1.82) is 5.26 Å². The molecule has 12 heteroatoms. The predicted molar refractivity (Wildman–Crippen MR) is 113 cm³/mol. The molecule has 0 saturated heterocycles. The highest BCUT2D eigenvalue weighted by Crippen LogP contribution is 2.34. The number of anilines is 1. The number of rotatable bonds is 6. The van der Waals surface area contributed by atoms with E-state index in [4.69, 9.17) is 16.9 Å². The first-order valence-corrected chi connectivity index (χ1v) is 11.6. The van der Waals surface area contributed by atoms with E-state index in [1.54, 1.807) is 6.07 Å². The van der Waals surface area contributed by atoms with Crippen molar-refractivity contribution in [3.05, 3.63) is 93.5 Å². The Kier molecular flexibility index (Phi) is 5.99. The van der Waals surface area contributed by atoms with Gasteiger partial charge in [0.15, 0.2) is 0 Å². The molecule has 0 aromatic heterocycles. The minimum atomic E-state index is -4.83. The Labute approximate surface area is 183 Å². The summed E-state index contributed by atoms with van der Waals surface area (Å²) in [6.45, 7) is 0.